The Morgan fingerprint density at radius 2 is 1.59 bits per heavy atom. The third-order valence-corrected chi connectivity index (χ3v) is 5.66. The zero-order chi connectivity index (χ0) is 21.7. The van der Waals surface area contributed by atoms with Gasteiger partial charge in [-0.25, -0.2) is 4.52 Å². The van der Waals surface area contributed by atoms with Crippen molar-refractivity contribution in [2.45, 2.75) is 0 Å². The molecule has 0 amide bonds. The van der Waals surface area contributed by atoms with Gasteiger partial charge in [-0.05, 0) is 34.5 Å². The fourth-order valence-corrected chi connectivity index (χ4v) is 4.01. The van der Waals surface area contributed by atoms with E-state index in [4.69, 9.17) is 5.10 Å². The van der Waals surface area contributed by atoms with E-state index in [0.717, 1.165) is 39.1 Å². The van der Waals surface area contributed by atoms with E-state index in [9.17, 15) is 4.79 Å². The smallest absolute Gasteiger partial charge is 0.261 e. The molecule has 32 heavy (non-hydrogen) atoms. The molecule has 1 N–H and O–H groups in total. The molecule has 3 aromatic heterocycles. The molecule has 0 bridgehead atoms. The first kappa shape index (κ1) is 18.2. The summed E-state index contributed by atoms with van der Waals surface area (Å²) < 4.78 is 3.48. The summed E-state index contributed by atoms with van der Waals surface area (Å²) in [5.41, 5.74) is 6.06. The fourth-order valence-electron chi connectivity index (χ4n) is 4.01. The molecule has 0 saturated heterocycles. The van der Waals surface area contributed by atoms with E-state index >= 15 is 0 Å². The van der Waals surface area contributed by atoms with Crippen LogP contribution in [0.15, 0.2) is 83.7 Å². The molecule has 6 rings (SSSR count). The van der Waals surface area contributed by atoms with Crippen LogP contribution in [-0.4, -0.2) is 34.8 Å². The first-order valence-corrected chi connectivity index (χ1v) is 10.1. The Hall–Kier alpha value is -4.59. The van der Waals surface area contributed by atoms with Crippen LogP contribution in [0.2, 0.25) is 0 Å². The third kappa shape index (κ3) is 2.81. The Balaban J connectivity index is 1.58. The molecular formula is C24H17N7O. The number of aryl methyl sites for hydroxylation is 1. The molecule has 0 saturated carbocycles. The molecular weight excluding hydrogens is 402 g/mol. The van der Waals surface area contributed by atoms with Crippen LogP contribution in [0.1, 0.15) is 0 Å². The van der Waals surface area contributed by atoms with Crippen LogP contribution in [0.5, 0.6) is 0 Å². The zero-order valence-corrected chi connectivity index (χ0v) is 17.1. The standard InChI is InChI=1S/C24H17N7O/c1-30-22-14-20(15-6-3-2-4-7-15)27-31(22)21-13-17(10-11-19(21)24(30)32)16-8-5-9-18(12-16)23-25-28-29-26-23/h2-14H,1H3,(H,25,26,28,29). The van der Waals surface area contributed by atoms with Gasteiger partial charge in [0.05, 0.1) is 16.6 Å². The Morgan fingerprint density at radius 3 is 2.41 bits per heavy atom. The molecule has 8 nitrogen and oxygen atoms in total. The zero-order valence-electron chi connectivity index (χ0n) is 17.1. The molecule has 154 valence electrons. The average molecular weight is 419 g/mol. The number of fused-ring (bicyclic) bond motifs is 3. The van der Waals surface area contributed by atoms with E-state index in [0.29, 0.717) is 11.2 Å². The van der Waals surface area contributed by atoms with Gasteiger partial charge in [-0.1, -0.05) is 54.6 Å². The van der Waals surface area contributed by atoms with Crippen LogP contribution in [0, 0.1) is 0 Å². The van der Waals surface area contributed by atoms with Crippen LogP contribution in [0.3, 0.4) is 0 Å². The molecule has 0 aliphatic carbocycles. The Kier molecular flexibility index (Phi) is 3.97. The van der Waals surface area contributed by atoms with Gasteiger partial charge in [-0.3, -0.25) is 9.36 Å². The van der Waals surface area contributed by atoms with E-state index < -0.39 is 0 Å². The van der Waals surface area contributed by atoms with Crippen molar-refractivity contribution >= 4 is 16.6 Å². The molecule has 0 fully saturated rings. The van der Waals surface area contributed by atoms with E-state index in [2.05, 4.69) is 20.6 Å². The monoisotopic (exact) mass is 419 g/mol. The number of nitrogens with zero attached hydrogens (tertiary/aromatic N) is 6. The summed E-state index contributed by atoms with van der Waals surface area (Å²) >= 11 is 0. The molecule has 0 aliphatic rings. The van der Waals surface area contributed by atoms with E-state index in [1.165, 1.54) is 0 Å². The Labute approximate surface area is 181 Å². The molecule has 6 aromatic rings. The van der Waals surface area contributed by atoms with Gasteiger partial charge >= 0.3 is 0 Å². The van der Waals surface area contributed by atoms with Crippen molar-refractivity contribution in [2.75, 3.05) is 0 Å². The molecule has 0 atom stereocenters. The maximum atomic E-state index is 13.0. The highest BCUT2D eigenvalue weighted by atomic mass is 16.1. The van der Waals surface area contributed by atoms with Crippen LogP contribution in [0.4, 0.5) is 0 Å². The van der Waals surface area contributed by atoms with Gasteiger partial charge in [0.25, 0.3) is 5.56 Å². The number of hydrogen-bond acceptors (Lipinski definition) is 5. The van der Waals surface area contributed by atoms with Crippen molar-refractivity contribution < 1.29 is 0 Å². The average Bonchev–Trinajstić information content (AvgIpc) is 3.54. The van der Waals surface area contributed by atoms with Gasteiger partial charge in [0.15, 0.2) is 0 Å². The molecule has 0 radical (unpaired) electrons. The minimum absolute atomic E-state index is 0.0564. The van der Waals surface area contributed by atoms with Crippen molar-refractivity contribution in [1.29, 1.82) is 0 Å². The van der Waals surface area contributed by atoms with Gasteiger partial charge in [0.1, 0.15) is 5.65 Å². The number of tetrazole rings is 1. The van der Waals surface area contributed by atoms with Crippen molar-refractivity contribution in [2.24, 2.45) is 7.05 Å². The molecule has 0 spiro atoms. The number of nitrogens with one attached hydrogen (secondary N) is 1. The van der Waals surface area contributed by atoms with Crippen LogP contribution >= 0.6 is 0 Å². The first-order valence-electron chi connectivity index (χ1n) is 10.1. The lowest BCUT2D eigenvalue weighted by Gasteiger charge is -2.09. The number of H-pyrrole nitrogens is 1. The number of hydrogen-bond donors (Lipinski definition) is 1. The first-order chi connectivity index (χ1) is 15.7. The highest BCUT2D eigenvalue weighted by Crippen LogP contribution is 2.28. The van der Waals surface area contributed by atoms with Crippen LogP contribution in [0.25, 0.3) is 50.3 Å². The molecule has 3 heterocycles. The number of rotatable bonds is 3. The van der Waals surface area contributed by atoms with Crippen LogP contribution < -0.4 is 5.56 Å². The number of aromatic amines is 1. The van der Waals surface area contributed by atoms with Crippen molar-refractivity contribution in [3.8, 4) is 33.8 Å². The second-order valence-corrected chi connectivity index (χ2v) is 7.58. The Bertz CT molecular complexity index is 1650. The summed E-state index contributed by atoms with van der Waals surface area (Å²) in [4.78, 5) is 13.0. The molecule has 8 heteroatoms. The lowest BCUT2D eigenvalue weighted by molar-refractivity contribution is 0.850. The maximum Gasteiger partial charge on any atom is 0.261 e. The Morgan fingerprint density at radius 1 is 0.812 bits per heavy atom. The molecule has 3 aromatic carbocycles. The van der Waals surface area contributed by atoms with E-state index in [1.807, 2.05) is 83.4 Å². The van der Waals surface area contributed by atoms with Gasteiger partial charge in [-0.2, -0.15) is 10.3 Å². The second kappa shape index (κ2) is 6.98. The lowest BCUT2D eigenvalue weighted by Crippen LogP contribution is -2.19. The maximum absolute atomic E-state index is 13.0. The minimum atomic E-state index is -0.0564. The number of benzene rings is 3. The van der Waals surface area contributed by atoms with Gasteiger partial charge in [0.2, 0.25) is 5.82 Å². The van der Waals surface area contributed by atoms with Gasteiger partial charge in [0, 0.05) is 24.2 Å². The van der Waals surface area contributed by atoms with Crippen LogP contribution in [-0.2, 0) is 7.05 Å². The predicted molar refractivity (Wildman–Crippen MR) is 122 cm³/mol. The molecule has 0 unspecified atom stereocenters. The van der Waals surface area contributed by atoms with E-state index in [-0.39, 0.29) is 5.56 Å². The summed E-state index contributed by atoms with van der Waals surface area (Å²) in [6, 6.07) is 25.6. The quantitative estimate of drug-likeness (QED) is 0.472. The van der Waals surface area contributed by atoms with Crippen molar-refractivity contribution in [1.82, 2.24) is 34.8 Å². The summed E-state index contributed by atoms with van der Waals surface area (Å²) in [6.07, 6.45) is 0. The van der Waals surface area contributed by atoms with E-state index in [1.54, 1.807) is 11.6 Å². The van der Waals surface area contributed by atoms with Crippen molar-refractivity contribution in [3.63, 3.8) is 0 Å². The SMILES string of the molecule is Cn1c(=O)c2ccc(-c3cccc(-c4nn[nH]n4)c3)cc2n2nc(-c3ccccc3)cc12. The largest absolute Gasteiger partial charge is 0.296 e. The summed E-state index contributed by atoms with van der Waals surface area (Å²) in [5.74, 6) is 0.531. The number of aromatic nitrogens is 7. The predicted octanol–water partition coefficient (Wildman–Crippen LogP) is 3.70. The van der Waals surface area contributed by atoms with Gasteiger partial charge in [-0.15, -0.1) is 10.2 Å². The second-order valence-electron chi connectivity index (χ2n) is 7.58. The molecule has 0 aliphatic heterocycles. The lowest BCUT2D eigenvalue weighted by atomic mass is 10.0. The van der Waals surface area contributed by atoms with Gasteiger partial charge < -0.3 is 0 Å². The normalized spacial score (nSPS) is 11.4. The summed E-state index contributed by atoms with van der Waals surface area (Å²) in [6.45, 7) is 0. The summed E-state index contributed by atoms with van der Waals surface area (Å²) in [5, 5.41) is 19.7. The fraction of sp³-hybridized carbons (Fsp3) is 0.0417. The minimum Gasteiger partial charge on any atom is -0.296 e. The highest BCUT2D eigenvalue weighted by molar-refractivity contribution is 5.87. The highest BCUT2D eigenvalue weighted by Gasteiger charge is 2.14. The third-order valence-electron chi connectivity index (χ3n) is 5.66. The van der Waals surface area contributed by atoms with Crippen molar-refractivity contribution in [3.05, 3.63) is 89.2 Å². The summed E-state index contributed by atoms with van der Waals surface area (Å²) in [7, 11) is 1.77. The topological polar surface area (TPSA) is 93.8 Å².